The van der Waals surface area contributed by atoms with Crippen molar-refractivity contribution in [1.82, 2.24) is 14.5 Å². The van der Waals surface area contributed by atoms with Crippen molar-refractivity contribution in [3.8, 4) is 0 Å². The third-order valence-electron chi connectivity index (χ3n) is 4.13. The van der Waals surface area contributed by atoms with Gasteiger partial charge in [-0.15, -0.1) is 0 Å². The van der Waals surface area contributed by atoms with E-state index in [4.69, 9.17) is 0 Å². The molecule has 25 heavy (non-hydrogen) atoms. The number of aromatic nitrogens is 2. The van der Waals surface area contributed by atoms with E-state index in [2.05, 4.69) is 4.98 Å². The van der Waals surface area contributed by atoms with Gasteiger partial charge in [-0.25, -0.2) is 4.98 Å². The summed E-state index contributed by atoms with van der Waals surface area (Å²) in [5, 5.41) is 19.5. The third kappa shape index (κ3) is 3.24. The van der Waals surface area contributed by atoms with E-state index < -0.39 is 24.3 Å². The van der Waals surface area contributed by atoms with Crippen LogP contribution in [0.1, 0.15) is 40.5 Å². The second kappa shape index (κ2) is 6.49. The second-order valence-electron chi connectivity index (χ2n) is 5.74. The summed E-state index contributed by atoms with van der Waals surface area (Å²) in [7, 11) is 0. The Labute approximate surface area is 141 Å². The number of aryl methyl sites for hydroxylation is 1. The van der Waals surface area contributed by atoms with Crippen molar-refractivity contribution in [2.45, 2.75) is 31.5 Å². The third-order valence-corrected chi connectivity index (χ3v) is 4.13. The van der Waals surface area contributed by atoms with Crippen molar-refractivity contribution < 1.29 is 28.2 Å². The van der Waals surface area contributed by atoms with E-state index in [1.807, 2.05) is 0 Å². The molecule has 0 saturated heterocycles. The lowest BCUT2D eigenvalue weighted by molar-refractivity contribution is -0.209. The number of aliphatic hydroxyl groups excluding tert-OH is 2. The fraction of sp³-hybridized carbons (Fsp3) is 0.375. The van der Waals surface area contributed by atoms with Crippen LogP contribution in [0, 0.1) is 0 Å². The molecule has 0 fully saturated rings. The predicted octanol–water partition coefficient (Wildman–Crippen LogP) is 2.02. The molecule has 1 aliphatic heterocycles. The van der Waals surface area contributed by atoms with Crippen LogP contribution in [0.2, 0.25) is 0 Å². The van der Waals surface area contributed by atoms with Crippen LogP contribution in [-0.2, 0) is 6.54 Å². The van der Waals surface area contributed by atoms with E-state index in [1.54, 1.807) is 24.3 Å². The van der Waals surface area contributed by atoms with Gasteiger partial charge in [0.2, 0.25) is 6.10 Å². The van der Waals surface area contributed by atoms with Gasteiger partial charge in [0.25, 0.3) is 5.91 Å². The van der Waals surface area contributed by atoms with Crippen LogP contribution in [0.4, 0.5) is 13.2 Å². The average Bonchev–Trinajstić information content (AvgIpc) is 3.12. The lowest BCUT2D eigenvalue weighted by Gasteiger charge is -2.21. The molecule has 1 aliphatic rings. The Bertz CT molecular complexity index is 775. The SMILES string of the molecule is O=C1c2ccccc2C(O)N1CCCn1ccnc1C(O)C(F)(F)F. The lowest BCUT2D eigenvalue weighted by atomic mass is 10.1. The molecule has 0 aliphatic carbocycles. The molecule has 2 heterocycles. The van der Waals surface area contributed by atoms with E-state index in [0.29, 0.717) is 17.5 Å². The first-order chi connectivity index (χ1) is 11.8. The van der Waals surface area contributed by atoms with Crippen molar-refractivity contribution in [3.63, 3.8) is 0 Å². The van der Waals surface area contributed by atoms with Crippen molar-refractivity contribution in [2.75, 3.05) is 6.54 Å². The topological polar surface area (TPSA) is 78.6 Å². The number of halogens is 3. The molecular weight excluding hydrogens is 339 g/mol. The van der Waals surface area contributed by atoms with Gasteiger partial charge in [-0.1, -0.05) is 18.2 Å². The predicted molar refractivity (Wildman–Crippen MR) is 80.3 cm³/mol. The molecule has 2 atom stereocenters. The van der Waals surface area contributed by atoms with E-state index in [-0.39, 0.29) is 19.0 Å². The zero-order valence-electron chi connectivity index (χ0n) is 13.0. The number of nitrogens with zero attached hydrogens (tertiary/aromatic N) is 3. The van der Waals surface area contributed by atoms with Crippen LogP contribution in [-0.4, -0.2) is 43.3 Å². The molecule has 3 rings (SSSR count). The van der Waals surface area contributed by atoms with Gasteiger partial charge in [0.05, 0.1) is 0 Å². The lowest BCUT2D eigenvalue weighted by Crippen LogP contribution is -2.30. The van der Waals surface area contributed by atoms with Gasteiger partial charge < -0.3 is 19.7 Å². The molecule has 0 bridgehead atoms. The smallest absolute Gasteiger partial charge is 0.377 e. The van der Waals surface area contributed by atoms with Crippen LogP contribution >= 0.6 is 0 Å². The zero-order chi connectivity index (χ0) is 18.2. The number of carbonyl (C=O) groups is 1. The Kier molecular flexibility index (Phi) is 4.53. The van der Waals surface area contributed by atoms with Crippen LogP contribution < -0.4 is 0 Å². The summed E-state index contributed by atoms with van der Waals surface area (Å²) in [6, 6.07) is 6.69. The highest BCUT2D eigenvalue weighted by Crippen LogP contribution is 2.33. The van der Waals surface area contributed by atoms with Crippen LogP contribution in [0.25, 0.3) is 0 Å². The highest BCUT2D eigenvalue weighted by atomic mass is 19.4. The first-order valence-corrected chi connectivity index (χ1v) is 7.64. The summed E-state index contributed by atoms with van der Waals surface area (Å²) in [5.74, 6) is -0.812. The Balaban J connectivity index is 1.64. The minimum absolute atomic E-state index is 0.120. The quantitative estimate of drug-likeness (QED) is 0.860. The van der Waals surface area contributed by atoms with Crippen molar-refractivity contribution in [2.24, 2.45) is 0 Å². The van der Waals surface area contributed by atoms with Crippen LogP contribution in [0.3, 0.4) is 0 Å². The van der Waals surface area contributed by atoms with Crippen LogP contribution in [0.15, 0.2) is 36.7 Å². The maximum absolute atomic E-state index is 12.6. The molecule has 6 nitrogen and oxygen atoms in total. The fourth-order valence-corrected chi connectivity index (χ4v) is 2.89. The molecular formula is C16H16F3N3O3. The van der Waals surface area contributed by atoms with E-state index in [1.165, 1.54) is 21.9 Å². The Morgan fingerprint density at radius 1 is 1.24 bits per heavy atom. The molecule has 134 valence electrons. The number of imidazole rings is 1. The molecule has 0 radical (unpaired) electrons. The number of fused-ring (bicyclic) bond motifs is 1. The summed E-state index contributed by atoms with van der Waals surface area (Å²) in [6.45, 7) is 0.281. The Hall–Kier alpha value is -2.39. The van der Waals surface area contributed by atoms with Crippen LogP contribution in [0.5, 0.6) is 0 Å². The summed E-state index contributed by atoms with van der Waals surface area (Å²) in [5.41, 5.74) is 0.939. The maximum Gasteiger partial charge on any atom is 0.421 e. The summed E-state index contributed by atoms with van der Waals surface area (Å²) < 4.78 is 39.1. The van der Waals surface area contributed by atoms with Gasteiger partial charge in [-0.2, -0.15) is 13.2 Å². The fourth-order valence-electron chi connectivity index (χ4n) is 2.89. The molecule has 2 N–H and O–H groups in total. The number of alkyl halides is 3. The van der Waals surface area contributed by atoms with Crippen molar-refractivity contribution in [3.05, 3.63) is 53.6 Å². The standard InChI is InChI=1S/C16H16F3N3O3/c17-16(18,19)12(23)13-20-6-9-21(13)7-3-8-22-14(24)10-4-1-2-5-11(10)15(22)25/h1-2,4-6,9,12,14,23-24H,3,7-8H2. The van der Waals surface area contributed by atoms with Gasteiger partial charge in [-0.3, -0.25) is 4.79 Å². The zero-order valence-corrected chi connectivity index (χ0v) is 13.0. The molecule has 2 aromatic rings. The van der Waals surface area contributed by atoms with E-state index >= 15 is 0 Å². The number of hydrogen-bond donors (Lipinski definition) is 2. The molecule has 1 aromatic carbocycles. The normalized spacial score (nSPS) is 18.5. The number of benzene rings is 1. The molecule has 2 unspecified atom stereocenters. The molecule has 9 heteroatoms. The minimum Gasteiger partial charge on any atom is -0.377 e. The summed E-state index contributed by atoms with van der Waals surface area (Å²) >= 11 is 0. The number of rotatable bonds is 5. The summed E-state index contributed by atoms with van der Waals surface area (Å²) in [4.78, 5) is 17.1. The minimum atomic E-state index is -4.80. The number of hydrogen-bond acceptors (Lipinski definition) is 4. The first-order valence-electron chi connectivity index (χ1n) is 7.64. The Morgan fingerprint density at radius 2 is 1.96 bits per heavy atom. The highest BCUT2D eigenvalue weighted by molar-refractivity contribution is 5.98. The molecule has 0 spiro atoms. The van der Waals surface area contributed by atoms with Gasteiger partial charge >= 0.3 is 6.18 Å². The molecule has 1 aromatic heterocycles. The van der Waals surface area contributed by atoms with Gasteiger partial charge in [0.15, 0.2) is 6.23 Å². The number of amides is 1. The average molecular weight is 355 g/mol. The van der Waals surface area contributed by atoms with Gasteiger partial charge in [-0.05, 0) is 12.5 Å². The number of aliphatic hydroxyl groups is 2. The van der Waals surface area contributed by atoms with Gasteiger partial charge in [0.1, 0.15) is 5.82 Å². The highest BCUT2D eigenvalue weighted by Gasteiger charge is 2.42. The number of carbonyl (C=O) groups excluding carboxylic acids is 1. The van der Waals surface area contributed by atoms with Crippen molar-refractivity contribution in [1.29, 1.82) is 0 Å². The monoisotopic (exact) mass is 355 g/mol. The largest absolute Gasteiger partial charge is 0.421 e. The van der Waals surface area contributed by atoms with Gasteiger partial charge in [0, 0.05) is 36.6 Å². The Morgan fingerprint density at radius 3 is 2.64 bits per heavy atom. The summed E-state index contributed by atoms with van der Waals surface area (Å²) in [6.07, 6.45) is -5.72. The van der Waals surface area contributed by atoms with E-state index in [9.17, 15) is 28.2 Å². The van der Waals surface area contributed by atoms with E-state index in [0.717, 1.165) is 0 Å². The first kappa shape index (κ1) is 17.4. The maximum atomic E-state index is 12.6. The molecule has 0 saturated carbocycles. The molecule has 1 amide bonds. The second-order valence-corrected chi connectivity index (χ2v) is 5.74. The van der Waals surface area contributed by atoms with Crippen molar-refractivity contribution >= 4 is 5.91 Å².